The van der Waals surface area contributed by atoms with Gasteiger partial charge < -0.3 is 10.2 Å². The lowest BCUT2D eigenvalue weighted by Gasteiger charge is -2.26. The second kappa shape index (κ2) is 8.38. The highest BCUT2D eigenvalue weighted by Gasteiger charge is 2.24. The standard InChI is InChI=1S/C16H20N2O2S/c1-5-12-8-7-9-13(10-12)17-15(19)16(20)18(3)14(6-2)11-21-4/h1,7-10,14H,6,11H2,2-4H3,(H,17,19). The molecular weight excluding hydrogens is 284 g/mol. The predicted molar refractivity (Wildman–Crippen MR) is 88.2 cm³/mol. The fourth-order valence-corrected chi connectivity index (χ4v) is 2.74. The number of thioether (sulfide) groups is 1. The average Bonchev–Trinajstić information content (AvgIpc) is 2.51. The van der Waals surface area contributed by atoms with Crippen LogP contribution in [0.1, 0.15) is 18.9 Å². The van der Waals surface area contributed by atoms with Crippen LogP contribution in [-0.4, -0.2) is 41.8 Å². The van der Waals surface area contributed by atoms with E-state index in [-0.39, 0.29) is 6.04 Å². The molecule has 1 aromatic carbocycles. The van der Waals surface area contributed by atoms with E-state index in [4.69, 9.17) is 6.42 Å². The molecular formula is C16H20N2O2S. The first-order valence-corrected chi connectivity index (χ1v) is 8.06. The van der Waals surface area contributed by atoms with Crippen LogP contribution in [0.3, 0.4) is 0 Å². The van der Waals surface area contributed by atoms with Crippen LogP contribution < -0.4 is 5.32 Å². The molecule has 1 N–H and O–H groups in total. The van der Waals surface area contributed by atoms with Gasteiger partial charge in [0.05, 0.1) is 0 Å². The van der Waals surface area contributed by atoms with Crippen LogP contribution in [0, 0.1) is 12.3 Å². The molecule has 0 radical (unpaired) electrons. The van der Waals surface area contributed by atoms with Crippen molar-refractivity contribution in [1.29, 1.82) is 0 Å². The maximum Gasteiger partial charge on any atom is 0.313 e. The minimum Gasteiger partial charge on any atom is -0.334 e. The molecule has 112 valence electrons. The van der Waals surface area contributed by atoms with Crippen molar-refractivity contribution in [2.24, 2.45) is 0 Å². The molecule has 0 saturated carbocycles. The van der Waals surface area contributed by atoms with E-state index in [1.54, 1.807) is 43.1 Å². The van der Waals surface area contributed by atoms with Gasteiger partial charge in [0.25, 0.3) is 0 Å². The van der Waals surface area contributed by atoms with E-state index in [2.05, 4.69) is 11.2 Å². The predicted octanol–water partition coefficient (Wildman–Crippen LogP) is 2.21. The van der Waals surface area contributed by atoms with Crippen molar-refractivity contribution in [2.45, 2.75) is 19.4 Å². The molecule has 4 nitrogen and oxygen atoms in total. The Bertz CT molecular complexity index is 551. The molecule has 21 heavy (non-hydrogen) atoms. The summed E-state index contributed by atoms with van der Waals surface area (Å²) < 4.78 is 0. The third-order valence-electron chi connectivity index (χ3n) is 3.18. The Morgan fingerprint density at radius 3 is 2.76 bits per heavy atom. The van der Waals surface area contributed by atoms with Gasteiger partial charge in [0.1, 0.15) is 0 Å². The third kappa shape index (κ3) is 4.83. The zero-order valence-electron chi connectivity index (χ0n) is 12.6. The zero-order chi connectivity index (χ0) is 15.8. The fraction of sp³-hybridized carbons (Fsp3) is 0.375. The lowest BCUT2D eigenvalue weighted by molar-refractivity contribution is -0.143. The smallest absolute Gasteiger partial charge is 0.313 e. The Morgan fingerprint density at radius 2 is 2.19 bits per heavy atom. The second-order valence-corrected chi connectivity index (χ2v) is 5.52. The van der Waals surface area contributed by atoms with Crippen molar-refractivity contribution < 1.29 is 9.59 Å². The molecule has 5 heteroatoms. The monoisotopic (exact) mass is 304 g/mol. The van der Waals surface area contributed by atoms with Crippen LogP contribution in [-0.2, 0) is 9.59 Å². The first kappa shape index (κ1) is 17.1. The van der Waals surface area contributed by atoms with Gasteiger partial charge in [-0.05, 0) is 30.9 Å². The van der Waals surface area contributed by atoms with E-state index >= 15 is 0 Å². The van der Waals surface area contributed by atoms with Crippen molar-refractivity contribution in [3.8, 4) is 12.3 Å². The molecule has 0 spiro atoms. The van der Waals surface area contributed by atoms with Crippen LogP contribution in [0.2, 0.25) is 0 Å². The van der Waals surface area contributed by atoms with Gasteiger partial charge >= 0.3 is 11.8 Å². The minimum atomic E-state index is -0.647. The number of carbonyl (C=O) groups is 2. The number of nitrogens with one attached hydrogen (secondary N) is 1. The van der Waals surface area contributed by atoms with E-state index in [9.17, 15) is 9.59 Å². The van der Waals surface area contributed by atoms with Crippen LogP contribution in [0.4, 0.5) is 5.69 Å². The first-order valence-electron chi connectivity index (χ1n) is 6.67. The fourth-order valence-electron chi connectivity index (χ4n) is 1.89. The molecule has 1 rings (SSSR count). The largest absolute Gasteiger partial charge is 0.334 e. The van der Waals surface area contributed by atoms with Gasteiger partial charge in [-0.1, -0.05) is 18.9 Å². The second-order valence-electron chi connectivity index (χ2n) is 4.61. The number of hydrogen-bond acceptors (Lipinski definition) is 3. The summed E-state index contributed by atoms with van der Waals surface area (Å²) in [7, 11) is 1.66. The zero-order valence-corrected chi connectivity index (χ0v) is 13.4. The Kier molecular flexibility index (Phi) is 6.83. The molecule has 1 atom stereocenters. The Morgan fingerprint density at radius 1 is 1.48 bits per heavy atom. The van der Waals surface area contributed by atoms with Crippen LogP contribution in [0.25, 0.3) is 0 Å². The molecule has 0 aliphatic rings. The van der Waals surface area contributed by atoms with Crippen LogP contribution >= 0.6 is 11.8 Å². The SMILES string of the molecule is C#Cc1cccc(NC(=O)C(=O)N(C)C(CC)CSC)c1. The number of amides is 2. The van der Waals surface area contributed by atoms with E-state index < -0.39 is 11.8 Å². The third-order valence-corrected chi connectivity index (χ3v) is 3.90. The molecule has 1 unspecified atom stereocenters. The van der Waals surface area contributed by atoms with E-state index in [1.165, 1.54) is 4.90 Å². The average molecular weight is 304 g/mol. The number of anilines is 1. The van der Waals surface area contributed by atoms with Gasteiger partial charge in [0.2, 0.25) is 0 Å². The van der Waals surface area contributed by atoms with Gasteiger partial charge in [-0.3, -0.25) is 9.59 Å². The number of carbonyl (C=O) groups excluding carboxylic acids is 2. The highest BCUT2D eigenvalue weighted by molar-refractivity contribution is 7.98. The van der Waals surface area contributed by atoms with Crippen molar-refractivity contribution in [3.05, 3.63) is 29.8 Å². The lowest BCUT2D eigenvalue weighted by atomic mass is 10.2. The van der Waals surface area contributed by atoms with E-state index in [0.717, 1.165) is 12.2 Å². The van der Waals surface area contributed by atoms with Crippen molar-refractivity contribution >= 4 is 29.3 Å². The maximum atomic E-state index is 12.1. The maximum absolute atomic E-state index is 12.1. The molecule has 0 bridgehead atoms. The van der Waals surface area contributed by atoms with Crippen molar-refractivity contribution in [1.82, 2.24) is 4.90 Å². The normalized spacial score (nSPS) is 11.3. The molecule has 0 fully saturated rings. The van der Waals surface area contributed by atoms with Gasteiger partial charge in [0, 0.05) is 30.1 Å². The van der Waals surface area contributed by atoms with Crippen molar-refractivity contribution in [3.63, 3.8) is 0 Å². The summed E-state index contributed by atoms with van der Waals surface area (Å²) in [5, 5.41) is 2.59. The summed E-state index contributed by atoms with van der Waals surface area (Å²) >= 11 is 1.65. The number of benzene rings is 1. The van der Waals surface area contributed by atoms with Crippen LogP contribution in [0.5, 0.6) is 0 Å². The number of terminal acetylenes is 1. The van der Waals surface area contributed by atoms with Gasteiger partial charge in [-0.15, -0.1) is 6.42 Å². The Balaban J connectivity index is 2.74. The number of likely N-dealkylation sites (N-methyl/N-ethyl adjacent to an activating group) is 1. The van der Waals surface area contributed by atoms with Gasteiger partial charge in [-0.2, -0.15) is 11.8 Å². The highest BCUT2D eigenvalue weighted by Crippen LogP contribution is 2.12. The Hall–Kier alpha value is -1.93. The Labute approximate surface area is 130 Å². The molecule has 0 aliphatic heterocycles. The van der Waals surface area contributed by atoms with E-state index in [1.807, 2.05) is 13.2 Å². The molecule has 0 aromatic heterocycles. The quantitative estimate of drug-likeness (QED) is 0.670. The molecule has 1 aromatic rings. The topological polar surface area (TPSA) is 49.4 Å². The molecule has 0 heterocycles. The van der Waals surface area contributed by atoms with Crippen molar-refractivity contribution in [2.75, 3.05) is 24.4 Å². The summed E-state index contributed by atoms with van der Waals surface area (Å²) in [4.78, 5) is 25.7. The molecule has 2 amide bonds. The summed E-state index contributed by atoms with van der Waals surface area (Å²) in [6.45, 7) is 2.00. The summed E-state index contributed by atoms with van der Waals surface area (Å²) in [6, 6.07) is 6.90. The first-order chi connectivity index (χ1) is 10.0. The van der Waals surface area contributed by atoms with E-state index in [0.29, 0.717) is 11.3 Å². The number of hydrogen-bond donors (Lipinski definition) is 1. The molecule has 0 saturated heterocycles. The van der Waals surface area contributed by atoms with Crippen LogP contribution in [0.15, 0.2) is 24.3 Å². The summed E-state index contributed by atoms with van der Waals surface area (Å²) in [6.07, 6.45) is 8.10. The minimum absolute atomic E-state index is 0.0512. The number of rotatable bonds is 5. The van der Waals surface area contributed by atoms with Gasteiger partial charge in [0.15, 0.2) is 0 Å². The lowest BCUT2D eigenvalue weighted by Crippen LogP contribution is -2.44. The summed E-state index contributed by atoms with van der Waals surface area (Å²) in [5.41, 5.74) is 1.18. The summed E-state index contributed by atoms with van der Waals surface area (Å²) in [5.74, 6) is 2.10. The van der Waals surface area contributed by atoms with Gasteiger partial charge in [-0.25, -0.2) is 0 Å². The highest BCUT2D eigenvalue weighted by atomic mass is 32.2. The number of nitrogens with zero attached hydrogens (tertiary/aromatic N) is 1. The molecule has 0 aliphatic carbocycles.